The largest absolute Gasteiger partial charge is 0.500 e. The number of hydrogen-bond acceptors (Lipinski definition) is 3. The third kappa shape index (κ3) is 7.12. The number of nitrogens with zero attached hydrogens (tertiary/aromatic N) is 4. The van der Waals surface area contributed by atoms with Gasteiger partial charge >= 0.3 is 0 Å². The van der Waals surface area contributed by atoms with Gasteiger partial charge in [0, 0.05) is 43.9 Å². The van der Waals surface area contributed by atoms with Crippen molar-refractivity contribution >= 4 is 33.2 Å². The van der Waals surface area contributed by atoms with Gasteiger partial charge in [-0.05, 0) is 87.6 Å². The van der Waals surface area contributed by atoms with Crippen LogP contribution in [0, 0.1) is 25.7 Å². The quantitative estimate of drug-likeness (QED) is 0.118. The minimum Gasteiger partial charge on any atom is -0.500 e. The molecular weight excluding hydrogens is 900 g/mol. The van der Waals surface area contributed by atoms with Gasteiger partial charge in [0.05, 0.1) is 0 Å². The van der Waals surface area contributed by atoms with Gasteiger partial charge in [0.2, 0.25) is 0 Å². The Kier molecular flexibility index (Phi) is 10.5. The Bertz CT molecular complexity index is 2770. The fourth-order valence-electron chi connectivity index (χ4n) is 8.54. The van der Waals surface area contributed by atoms with Crippen molar-refractivity contribution in [3.05, 3.63) is 222 Å². The summed E-state index contributed by atoms with van der Waals surface area (Å²) >= 11 is 0. The van der Waals surface area contributed by atoms with Crippen LogP contribution >= 0.6 is 0 Å². The fraction of sp³-hybridized carbons (Fsp3) is 0.185. The van der Waals surface area contributed by atoms with Crippen LogP contribution in [0.3, 0.4) is 0 Å². The van der Waals surface area contributed by atoms with E-state index in [4.69, 9.17) is 4.98 Å². The van der Waals surface area contributed by atoms with Gasteiger partial charge in [-0.15, -0.1) is 28.9 Å². The van der Waals surface area contributed by atoms with Crippen molar-refractivity contribution in [3.8, 4) is 5.82 Å². The molecule has 5 heteroatoms. The molecule has 1 aliphatic heterocycles. The van der Waals surface area contributed by atoms with Crippen molar-refractivity contribution in [3.63, 3.8) is 0 Å². The smallest absolute Gasteiger partial charge is 0.135 e. The Labute approximate surface area is 364 Å². The molecule has 6 aromatic carbocycles. The van der Waals surface area contributed by atoms with Gasteiger partial charge in [-0.2, -0.15) is 42.5 Å². The molecule has 298 valence electrons. The van der Waals surface area contributed by atoms with Crippen molar-refractivity contribution < 1.29 is 21.1 Å². The second-order valence-electron chi connectivity index (χ2n) is 17.6. The third-order valence-electron chi connectivity index (χ3n) is 11.7. The van der Waals surface area contributed by atoms with Crippen LogP contribution in [0.2, 0.25) is 0 Å². The molecule has 0 N–H and O–H groups in total. The van der Waals surface area contributed by atoms with Gasteiger partial charge in [0.1, 0.15) is 5.82 Å². The number of aryl methyl sites for hydroxylation is 1. The molecule has 0 aliphatic carbocycles. The maximum Gasteiger partial charge on any atom is 0.135 e. The summed E-state index contributed by atoms with van der Waals surface area (Å²) in [6, 6.07) is 60.6. The first-order valence-corrected chi connectivity index (χ1v) is 20.2. The maximum absolute atomic E-state index is 4.98. The summed E-state index contributed by atoms with van der Waals surface area (Å²) in [7, 11) is 0. The molecule has 4 nitrogen and oxygen atoms in total. The monoisotopic (exact) mass is 948 g/mol. The molecule has 2 aromatic heterocycles. The van der Waals surface area contributed by atoms with Gasteiger partial charge in [-0.3, -0.25) is 0 Å². The van der Waals surface area contributed by atoms with E-state index in [1.165, 1.54) is 22.1 Å². The predicted molar refractivity (Wildman–Crippen MR) is 242 cm³/mol. The maximum atomic E-state index is 4.98. The van der Waals surface area contributed by atoms with E-state index >= 15 is 0 Å². The summed E-state index contributed by atoms with van der Waals surface area (Å²) in [4.78, 5) is 9.35. The van der Waals surface area contributed by atoms with Crippen molar-refractivity contribution in [1.82, 2.24) is 9.55 Å². The van der Waals surface area contributed by atoms with E-state index in [2.05, 4.69) is 240 Å². The van der Waals surface area contributed by atoms with E-state index < -0.39 is 5.41 Å². The number of fused-ring (bicyclic) bond motifs is 3. The average Bonchev–Trinajstić information content (AvgIpc) is 3.85. The standard InChI is InChI=1S/C54H49N4.Pt/c1-38-33-41(52(2,3)4)26-28-48(38)57-32-31-56(37-57)45-22-16-21-43(34-45)54(39-17-10-8-11-18-39,40-19-12-9-13-20-40)44-25-27-47-46-23-14-15-24-49(46)58(50(47)35-44)51-36-42(29-30-55-51)53(5,6)7;/h8-33,36-37H,1-7H3;/q-3;. The first kappa shape index (κ1) is 40.1. The summed E-state index contributed by atoms with van der Waals surface area (Å²) in [6.45, 7) is 17.9. The van der Waals surface area contributed by atoms with E-state index in [0.717, 1.165) is 55.9 Å². The zero-order chi connectivity index (χ0) is 40.2. The first-order valence-electron chi connectivity index (χ1n) is 20.2. The zero-order valence-electron chi connectivity index (χ0n) is 34.8. The molecule has 0 unspecified atom stereocenters. The van der Waals surface area contributed by atoms with Crippen molar-refractivity contribution in [2.75, 3.05) is 9.80 Å². The van der Waals surface area contributed by atoms with E-state index in [0.29, 0.717) is 0 Å². The summed E-state index contributed by atoms with van der Waals surface area (Å²) in [5.41, 5.74) is 11.6. The van der Waals surface area contributed by atoms with Crippen molar-refractivity contribution in [1.29, 1.82) is 0 Å². The SMILES string of the molecule is Cc1cc(C(C)(C)C)ccc1N1C=CN(c2[c-]c(C(c3[c-]c4c(cc3)c3ccccc3n4-c3cc(C(C)(C)C)ccn3)(c3ccccc3)c3ccccc3)ccc2)[CH-]1.[Pt]. The number of hydrogen-bond donors (Lipinski definition) is 0. The molecule has 0 saturated carbocycles. The minimum atomic E-state index is -0.767. The van der Waals surface area contributed by atoms with Crippen LogP contribution in [0.5, 0.6) is 0 Å². The Balaban J connectivity index is 0.00000484. The summed E-state index contributed by atoms with van der Waals surface area (Å²) in [5.74, 6) is 0.884. The molecule has 8 aromatic rings. The molecular formula is C54H49N4Pt-3. The van der Waals surface area contributed by atoms with Crippen LogP contribution in [0.4, 0.5) is 11.4 Å². The van der Waals surface area contributed by atoms with Crippen LogP contribution in [0.15, 0.2) is 164 Å². The number of rotatable bonds is 7. The van der Waals surface area contributed by atoms with Crippen molar-refractivity contribution in [2.24, 2.45) is 0 Å². The van der Waals surface area contributed by atoms with E-state index in [9.17, 15) is 0 Å². The van der Waals surface area contributed by atoms with E-state index in [1.54, 1.807) is 0 Å². The van der Waals surface area contributed by atoms with Gasteiger partial charge in [-0.1, -0.05) is 138 Å². The molecule has 9 rings (SSSR count). The van der Waals surface area contributed by atoms with Gasteiger partial charge in [0.15, 0.2) is 0 Å². The Morgan fingerprint density at radius 3 is 1.85 bits per heavy atom. The van der Waals surface area contributed by atoms with Crippen LogP contribution in [0.25, 0.3) is 27.6 Å². The van der Waals surface area contributed by atoms with Gasteiger partial charge < -0.3 is 14.4 Å². The molecule has 0 radical (unpaired) electrons. The molecule has 3 heterocycles. The number of anilines is 2. The second kappa shape index (κ2) is 15.5. The molecule has 0 amide bonds. The van der Waals surface area contributed by atoms with Gasteiger partial charge in [0.25, 0.3) is 0 Å². The fourth-order valence-corrected chi connectivity index (χ4v) is 8.54. The van der Waals surface area contributed by atoms with E-state index in [1.807, 2.05) is 6.20 Å². The van der Waals surface area contributed by atoms with Crippen LogP contribution < -0.4 is 9.80 Å². The third-order valence-corrected chi connectivity index (χ3v) is 11.7. The van der Waals surface area contributed by atoms with E-state index in [-0.39, 0.29) is 31.9 Å². The molecule has 0 saturated heterocycles. The topological polar surface area (TPSA) is 24.3 Å². The zero-order valence-corrected chi connectivity index (χ0v) is 37.0. The molecule has 1 aliphatic rings. The summed E-state index contributed by atoms with van der Waals surface area (Å²) < 4.78 is 2.29. The van der Waals surface area contributed by atoms with Crippen LogP contribution in [0.1, 0.15) is 80.5 Å². The predicted octanol–water partition coefficient (Wildman–Crippen LogP) is 13.0. The summed E-state index contributed by atoms with van der Waals surface area (Å²) in [6.07, 6.45) is 6.19. The van der Waals surface area contributed by atoms with Gasteiger partial charge in [-0.25, -0.2) is 4.98 Å². The Morgan fingerprint density at radius 2 is 1.17 bits per heavy atom. The Hall–Kier alpha value is -5.70. The molecule has 0 atom stereocenters. The second-order valence-corrected chi connectivity index (χ2v) is 17.6. The number of para-hydroxylation sites is 1. The number of benzene rings is 6. The molecule has 59 heavy (non-hydrogen) atoms. The molecule has 0 fully saturated rings. The number of aromatic nitrogens is 2. The summed E-state index contributed by atoms with van der Waals surface area (Å²) in [5, 5.41) is 2.31. The average molecular weight is 949 g/mol. The van der Waals surface area contributed by atoms with Crippen molar-refractivity contribution in [2.45, 2.75) is 64.7 Å². The molecule has 0 spiro atoms. The minimum absolute atomic E-state index is 0. The number of pyridine rings is 1. The normalized spacial score (nSPS) is 13.3. The van der Waals surface area contributed by atoms with Crippen LogP contribution in [-0.4, -0.2) is 9.55 Å². The van der Waals surface area contributed by atoms with Crippen LogP contribution in [-0.2, 0) is 37.3 Å². The Morgan fingerprint density at radius 1 is 0.542 bits per heavy atom. The molecule has 0 bridgehead atoms. The first-order chi connectivity index (χ1) is 27.9.